The monoisotopic (exact) mass is 492 g/mol. The SMILES string of the molecule is CC[C@H]1CN2CC[C@@H]1C[C@H]2[C@H](O)c1cc(N2CCC(N3CCCCC3)CC2)nc2ccc(OC)cc12. The van der Waals surface area contributed by atoms with Crippen molar-refractivity contribution < 1.29 is 9.84 Å². The fourth-order valence-electron chi connectivity index (χ4n) is 7.67. The molecule has 5 saturated heterocycles. The van der Waals surface area contributed by atoms with Crippen molar-refractivity contribution in [1.82, 2.24) is 14.8 Å². The van der Waals surface area contributed by atoms with Crippen molar-refractivity contribution in [3.05, 3.63) is 29.8 Å². The Morgan fingerprint density at radius 2 is 1.81 bits per heavy atom. The number of fused-ring (bicyclic) bond motifs is 4. The number of pyridine rings is 1. The van der Waals surface area contributed by atoms with Crippen LogP contribution in [0.25, 0.3) is 10.9 Å². The van der Waals surface area contributed by atoms with Crippen molar-refractivity contribution in [3.63, 3.8) is 0 Å². The number of aliphatic hydroxyl groups is 1. The van der Waals surface area contributed by atoms with E-state index < -0.39 is 6.10 Å². The lowest BCUT2D eigenvalue weighted by Gasteiger charge is -2.51. The van der Waals surface area contributed by atoms with Crippen LogP contribution in [0.1, 0.15) is 70.0 Å². The van der Waals surface area contributed by atoms with Gasteiger partial charge in [0.25, 0.3) is 0 Å². The van der Waals surface area contributed by atoms with E-state index in [1.54, 1.807) is 7.11 Å². The van der Waals surface area contributed by atoms with Crippen molar-refractivity contribution in [2.24, 2.45) is 11.8 Å². The molecule has 1 aromatic carbocycles. The smallest absolute Gasteiger partial charge is 0.129 e. The number of benzene rings is 1. The van der Waals surface area contributed by atoms with Gasteiger partial charge in [-0.05, 0) is 99.8 Å². The Bertz CT molecular complexity index is 1050. The third-order valence-corrected chi connectivity index (χ3v) is 9.87. The predicted molar refractivity (Wildman–Crippen MR) is 146 cm³/mol. The Balaban J connectivity index is 1.27. The van der Waals surface area contributed by atoms with Crippen LogP contribution < -0.4 is 9.64 Å². The van der Waals surface area contributed by atoms with Gasteiger partial charge >= 0.3 is 0 Å². The van der Waals surface area contributed by atoms with Gasteiger partial charge in [0, 0.05) is 37.1 Å². The molecule has 5 aliphatic rings. The topological polar surface area (TPSA) is 52.1 Å². The molecule has 36 heavy (non-hydrogen) atoms. The zero-order valence-electron chi connectivity index (χ0n) is 22.2. The highest BCUT2D eigenvalue weighted by molar-refractivity contribution is 5.86. The number of methoxy groups -OCH3 is 1. The minimum absolute atomic E-state index is 0.195. The van der Waals surface area contributed by atoms with Gasteiger partial charge in [0.1, 0.15) is 11.6 Å². The summed E-state index contributed by atoms with van der Waals surface area (Å²) in [6.45, 7) is 9.20. The molecule has 196 valence electrons. The van der Waals surface area contributed by atoms with Gasteiger partial charge in [-0.3, -0.25) is 4.90 Å². The molecule has 6 heteroatoms. The minimum atomic E-state index is -0.507. The Kier molecular flexibility index (Phi) is 7.11. The predicted octanol–water partition coefficient (Wildman–Crippen LogP) is 4.85. The summed E-state index contributed by atoms with van der Waals surface area (Å²) in [6, 6.07) is 9.24. The van der Waals surface area contributed by atoms with Crippen LogP contribution in [0.4, 0.5) is 5.82 Å². The maximum absolute atomic E-state index is 11.9. The molecule has 0 spiro atoms. The number of nitrogens with zero attached hydrogens (tertiary/aromatic N) is 4. The number of aromatic nitrogens is 1. The van der Waals surface area contributed by atoms with E-state index >= 15 is 0 Å². The molecule has 2 bridgehead atoms. The Labute approximate surface area is 216 Å². The Morgan fingerprint density at radius 1 is 1.00 bits per heavy atom. The second-order valence-corrected chi connectivity index (χ2v) is 11.7. The third kappa shape index (κ3) is 4.61. The van der Waals surface area contributed by atoms with Crippen LogP contribution in [-0.4, -0.2) is 78.4 Å². The number of piperidine rings is 5. The number of hydrogen-bond donors (Lipinski definition) is 1. The molecule has 1 aromatic heterocycles. The first kappa shape index (κ1) is 24.4. The third-order valence-electron chi connectivity index (χ3n) is 9.87. The fourth-order valence-corrected chi connectivity index (χ4v) is 7.67. The molecule has 6 nitrogen and oxygen atoms in total. The summed E-state index contributed by atoms with van der Waals surface area (Å²) in [4.78, 5) is 12.9. The lowest BCUT2D eigenvalue weighted by Crippen LogP contribution is -2.55. The number of likely N-dealkylation sites (tertiary alicyclic amines) is 1. The largest absolute Gasteiger partial charge is 0.497 e. The van der Waals surface area contributed by atoms with Crippen LogP contribution in [0, 0.1) is 11.8 Å². The van der Waals surface area contributed by atoms with Crippen molar-refractivity contribution in [2.75, 3.05) is 51.3 Å². The number of rotatable bonds is 6. The van der Waals surface area contributed by atoms with Crippen LogP contribution in [0.5, 0.6) is 5.75 Å². The van der Waals surface area contributed by atoms with Gasteiger partial charge in [0.15, 0.2) is 0 Å². The van der Waals surface area contributed by atoms with Crippen LogP contribution >= 0.6 is 0 Å². The van der Waals surface area contributed by atoms with E-state index in [4.69, 9.17) is 9.72 Å². The summed E-state index contributed by atoms with van der Waals surface area (Å²) in [7, 11) is 1.71. The van der Waals surface area contributed by atoms with Gasteiger partial charge in [-0.15, -0.1) is 0 Å². The average molecular weight is 493 g/mol. The highest BCUT2D eigenvalue weighted by Gasteiger charge is 2.42. The van der Waals surface area contributed by atoms with E-state index in [0.717, 1.165) is 72.5 Å². The molecule has 6 heterocycles. The molecule has 1 unspecified atom stereocenters. The number of aliphatic hydroxyl groups excluding tert-OH is 1. The molecule has 5 atom stereocenters. The lowest BCUT2D eigenvalue weighted by atomic mass is 9.72. The van der Waals surface area contributed by atoms with Crippen molar-refractivity contribution in [3.8, 4) is 5.75 Å². The Morgan fingerprint density at radius 3 is 2.50 bits per heavy atom. The molecular formula is C30H44N4O2. The fraction of sp³-hybridized carbons (Fsp3) is 0.700. The van der Waals surface area contributed by atoms with Gasteiger partial charge in [-0.1, -0.05) is 19.8 Å². The number of hydrogen-bond acceptors (Lipinski definition) is 6. The highest BCUT2D eigenvalue weighted by atomic mass is 16.5. The van der Waals surface area contributed by atoms with Crippen LogP contribution in [-0.2, 0) is 0 Å². The molecular weight excluding hydrogens is 448 g/mol. The highest BCUT2D eigenvalue weighted by Crippen LogP contribution is 2.43. The van der Waals surface area contributed by atoms with Crippen LogP contribution in [0.2, 0.25) is 0 Å². The van der Waals surface area contributed by atoms with E-state index in [2.05, 4.69) is 39.8 Å². The molecule has 5 fully saturated rings. The first-order valence-electron chi connectivity index (χ1n) is 14.5. The molecule has 0 aliphatic carbocycles. The molecule has 2 aromatic rings. The first-order chi connectivity index (χ1) is 17.6. The van der Waals surface area contributed by atoms with Gasteiger partial charge in [-0.2, -0.15) is 0 Å². The zero-order valence-corrected chi connectivity index (χ0v) is 22.2. The van der Waals surface area contributed by atoms with Gasteiger partial charge < -0.3 is 19.6 Å². The normalized spacial score (nSPS) is 30.6. The van der Waals surface area contributed by atoms with E-state index in [-0.39, 0.29) is 6.04 Å². The van der Waals surface area contributed by atoms with Gasteiger partial charge in [0.05, 0.1) is 18.7 Å². The summed E-state index contributed by atoms with van der Waals surface area (Å²) in [5.41, 5.74) is 1.99. The van der Waals surface area contributed by atoms with Gasteiger partial charge in [-0.25, -0.2) is 4.98 Å². The summed E-state index contributed by atoms with van der Waals surface area (Å²) in [5, 5.41) is 12.9. The quantitative estimate of drug-likeness (QED) is 0.622. The lowest BCUT2D eigenvalue weighted by molar-refractivity contribution is -0.0562. The van der Waals surface area contributed by atoms with Crippen LogP contribution in [0.3, 0.4) is 0 Å². The molecule has 7 rings (SSSR count). The average Bonchev–Trinajstić information content (AvgIpc) is 2.96. The molecule has 0 amide bonds. The second kappa shape index (κ2) is 10.5. The molecule has 0 saturated carbocycles. The summed E-state index contributed by atoms with van der Waals surface area (Å²) in [5.74, 6) is 3.38. The second-order valence-electron chi connectivity index (χ2n) is 11.7. The summed E-state index contributed by atoms with van der Waals surface area (Å²) < 4.78 is 5.56. The zero-order chi connectivity index (χ0) is 24.6. The van der Waals surface area contributed by atoms with Crippen molar-refractivity contribution in [1.29, 1.82) is 0 Å². The molecule has 5 aliphatic heterocycles. The number of ether oxygens (including phenoxy) is 1. The number of anilines is 1. The van der Waals surface area contributed by atoms with E-state index in [0.29, 0.717) is 6.04 Å². The minimum Gasteiger partial charge on any atom is -0.497 e. The van der Waals surface area contributed by atoms with Crippen molar-refractivity contribution in [2.45, 2.75) is 76.5 Å². The Hall–Kier alpha value is -1.89. The van der Waals surface area contributed by atoms with E-state index in [9.17, 15) is 5.11 Å². The van der Waals surface area contributed by atoms with Crippen molar-refractivity contribution >= 4 is 16.7 Å². The van der Waals surface area contributed by atoms with E-state index in [1.807, 2.05) is 6.07 Å². The molecule has 1 N–H and O–H groups in total. The van der Waals surface area contributed by atoms with Crippen LogP contribution in [0.15, 0.2) is 24.3 Å². The summed E-state index contributed by atoms with van der Waals surface area (Å²) >= 11 is 0. The molecule has 0 radical (unpaired) electrons. The van der Waals surface area contributed by atoms with E-state index in [1.165, 1.54) is 58.0 Å². The first-order valence-corrected chi connectivity index (χ1v) is 14.5. The summed E-state index contributed by atoms with van der Waals surface area (Å²) in [6.07, 6.45) is 9.64. The standard InChI is InChI=1S/C30H44N4O2/c1-3-21-20-34-14-9-22(21)17-28(34)30(35)26-19-29(31-27-8-7-24(36-2)18-25(26)27)33-15-10-23(11-16-33)32-12-5-4-6-13-32/h7-8,18-19,21-23,28,30,35H,3-6,9-17,20H2,1-2H3/t21-,22+,28-,30+/m0/s1. The maximum atomic E-state index is 11.9. The van der Waals surface area contributed by atoms with Gasteiger partial charge in [0.2, 0.25) is 0 Å². The maximum Gasteiger partial charge on any atom is 0.129 e.